The Balaban J connectivity index is 2.41. The predicted molar refractivity (Wildman–Crippen MR) is 67.2 cm³/mol. The van der Waals surface area contributed by atoms with Crippen LogP contribution in [0.15, 0.2) is 23.0 Å². The number of hydrogen-bond acceptors (Lipinski definition) is 3. The molecule has 5 heteroatoms. The van der Waals surface area contributed by atoms with Crippen LogP contribution in [0.3, 0.4) is 0 Å². The van der Waals surface area contributed by atoms with Crippen molar-refractivity contribution in [3.8, 4) is 11.4 Å². The molecule has 0 N–H and O–H groups in total. The molecule has 0 amide bonds. The molecular formula is C13H15N3O2. The van der Waals surface area contributed by atoms with Crippen LogP contribution in [0.2, 0.25) is 0 Å². The van der Waals surface area contributed by atoms with Crippen molar-refractivity contribution in [3.63, 3.8) is 0 Å². The average Bonchev–Trinajstić information content (AvgIpc) is 2.59. The largest absolute Gasteiger partial charge is 0.478 e. The van der Waals surface area contributed by atoms with Gasteiger partial charge in [-0.1, -0.05) is 6.07 Å². The van der Waals surface area contributed by atoms with E-state index >= 15 is 0 Å². The zero-order chi connectivity index (χ0) is 13.1. The Morgan fingerprint density at radius 2 is 2.06 bits per heavy atom. The first-order chi connectivity index (χ1) is 8.40. The van der Waals surface area contributed by atoms with Crippen LogP contribution >= 0.6 is 0 Å². The van der Waals surface area contributed by atoms with E-state index in [4.69, 9.17) is 4.74 Å². The lowest BCUT2D eigenvalue weighted by Crippen LogP contribution is -2.36. The lowest BCUT2D eigenvalue weighted by molar-refractivity contribution is 0.0862. The molecule has 3 rings (SSSR count). The Kier molecular flexibility index (Phi) is 2.00. The number of fused-ring (bicyclic) bond motifs is 3. The molecule has 1 aromatic heterocycles. The average molecular weight is 245 g/mol. The molecule has 94 valence electrons. The summed E-state index contributed by atoms with van der Waals surface area (Å²) in [6, 6.07) is 5.81. The van der Waals surface area contributed by atoms with Crippen molar-refractivity contribution in [1.29, 1.82) is 0 Å². The van der Waals surface area contributed by atoms with Crippen LogP contribution in [0, 0.1) is 6.92 Å². The van der Waals surface area contributed by atoms with Crippen LogP contribution < -0.4 is 10.4 Å². The molecule has 0 fully saturated rings. The van der Waals surface area contributed by atoms with Gasteiger partial charge in [0.15, 0.2) is 11.4 Å². The summed E-state index contributed by atoms with van der Waals surface area (Å²) in [5, 5.41) is 4.27. The molecule has 0 unspecified atom stereocenters. The summed E-state index contributed by atoms with van der Waals surface area (Å²) in [4.78, 5) is 12.2. The molecule has 0 aliphatic carbocycles. The summed E-state index contributed by atoms with van der Waals surface area (Å²) in [6.07, 6.45) is 0. The molecule has 0 saturated heterocycles. The van der Waals surface area contributed by atoms with Crippen LogP contribution in [0.4, 0.5) is 0 Å². The zero-order valence-corrected chi connectivity index (χ0v) is 10.9. The van der Waals surface area contributed by atoms with Crippen molar-refractivity contribution in [3.05, 3.63) is 40.1 Å². The van der Waals surface area contributed by atoms with Gasteiger partial charge in [-0.05, 0) is 38.5 Å². The van der Waals surface area contributed by atoms with Gasteiger partial charge in [-0.15, -0.1) is 0 Å². The highest BCUT2D eigenvalue weighted by Crippen LogP contribution is 2.36. The number of hydrogen-bond donors (Lipinski definition) is 0. The fourth-order valence-electron chi connectivity index (χ4n) is 2.28. The SMILES string of the molecule is Cc1ccc2c(c1)-n1c(nn(C)c1=O)C(C)(C)O2. The Hall–Kier alpha value is -2.04. The molecule has 2 aromatic rings. The maximum Gasteiger partial charge on any atom is 0.350 e. The fourth-order valence-corrected chi connectivity index (χ4v) is 2.28. The second-order valence-electron chi connectivity index (χ2n) is 5.15. The molecule has 1 aromatic carbocycles. The van der Waals surface area contributed by atoms with Gasteiger partial charge in [-0.2, -0.15) is 5.10 Å². The van der Waals surface area contributed by atoms with E-state index < -0.39 is 5.60 Å². The highest BCUT2D eigenvalue weighted by molar-refractivity contribution is 5.52. The monoisotopic (exact) mass is 245 g/mol. The van der Waals surface area contributed by atoms with E-state index in [0.29, 0.717) is 11.6 Å². The first-order valence-corrected chi connectivity index (χ1v) is 5.87. The standard InChI is InChI=1S/C13H15N3O2/c1-8-5-6-10-9(7-8)16-11(13(2,3)18-10)14-15(4)12(16)17/h5-7H,1-4H3. The minimum atomic E-state index is -0.608. The van der Waals surface area contributed by atoms with E-state index in [9.17, 15) is 4.79 Å². The number of ether oxygens (including phenoxy) is 1. The van der Waals surface area contributed by atoms with Crippen molar-refractivity contribution in [2.75, 3.05) is 0 Å². The van der Waals surface area contributed by atoms with Gasteiger partial charge < -0.3 is 4.74 Å². The van der Waals surface area contributed by atoms with E-state index in [-0.39, 0.29) is 5.69 Å². The maximum absolute atomic E-state index is 12.2. The van der Waals surface area contributed by atoms with Gasteiger partial charge in [0.05, 0.1) is 5.69 Å². The number of benzene rings is 1. The second-order valence-corrected chi connectivity index (χ2v) is 5.15. The van der Waals surface area contributed by atoms with Crippen LogP contribution in [-0.4, -0.2) is 14.3 Å². The molecule has 18 heavy (non-hydrogen) atoms. The van der Waals surface area contributed by atoms with E-state index in [1.165, 1.54) is 4.68 Å². The van der Waals surface area contributed by atoms with Gasteiger partial charge in [-0.3, -0.25) is 0 Å². The number of nitrogens with zero attached hydrogens (tertiary/aromatic N) is 3. The highest BCUT2D eigenvalue weighted by Gasteiger charge is 2.36. The van der Waals surface area contributed by atoms with Crippen LogP contribution in [0.5, 0.6) is 5.75 Å². The zero-order valence-electron chi connectivity index (χ0n) is 10.9. The molecule has 0 atom stereocenters. The maximum atomic E-state index is 12.2. The minimum Gasteiger partial charge on any atom is -0.478 e. The van der Waals surface area contributed by atoms with Gasteiger partial charge in [0.1, 0.15) is 5.75 Å². The summed E-state index contributed by atoms with van der Waals surface area (Å²) < 4.78 is 8.91. The summed E-state index contributed by atoms with van der Waals surface area (Å²) in [6.45, 7) is 5.81. The molecule has 0 saturated carbocycles. The number of rotatable bonds is 0. The second kappa shape index (κ2) is 3.25. The molecular weight excluding hydrogens is 230 g/mol. The first kappa shape index (κ1) is 11.1. The predicted octanol–water partition coefficient (Wildman–Crippen LogP) is 1.51. The Morgan fingerprint density at radius 1 is 1.33 bits per heavy atom. The van der Waals surface area contributed by atoms with Crippen molar-refractivity contribution in [2.45, 2.75) is 26.4 Å². The molecule has 0 spiro atoms. The van der Waals surface area contributed by atoms with Gasteiger partial charge in [0, 0.05) is 7.05 Å². The van der Waals surface area contributed by atoms with E-state index in [1.807, 2.05) is 39.0 Å². The molecule has 0 bridgehead atoms. The third kappa shape index (κ3) is 1.33. The molecule has 1 aliphatic heterocycles. The van der Waals surface area contributed by atoms with Crippen LogP contribution in [-0.2, 0) is 12.6 Å². The van der Waals surface area contributed by atoms with Crippen molar-refractivity contribution in [1.82, 2.24) is 14.3 Å². The lowest BCUT2D eigenvalue weighted by Gasteiger charge is -2.31. The highest BCUT2D eigenvalue weighted by atomic mass is 16.5. The Bertz CT molecular complexity index is 695. The summed E-state index contributed by atoms with van der Waals surface area (Å²) in [7, 11) is 1.65. The Labute approximate surface area is 105 Å². The Morgan fingerprint density at radius 3 is 2.78 bits per heavy atom. The topological polar surface area (TPSA) is 49.0 Å². The fraction of sp³-hybridized carbons (Fsp3) is 0.385. The summed E-state index contributed by atoms with van der Waals surface area (Å²) in [5.41, 5.74) is 1.09. The summed E-state index contributed by atoms with van der Waals surface area (Å²) in [5.74, 6) is 1.35. The normalized spacial score (nSPS) is 15.8. The van der Waals surface area contributed by atoms with Crippen molar-refractivity contribution < 1.29 is 4.74 Å². The van der Waals surface area contributed by atoms with Crippen LogP contribution in [0.25, 0.3) is 5.69 Å². The van der Waals surface area contributed by atoms with Crippen LogP contribution in [0.1, 0.15) is 25.2 Å². The quantitative estimate of drug-likeness (QED) is 0.707. The van der Waals surface area contributed by atoms with Crippen molar-refractivity contribution >= 4 is 0 Å². The number of aromatic nitrogens is 3. The molecule has 1 aliphatic rings. The van der Waals surface area contributed by atoms with Gasteiger partial charge >= 0.3 is 5.69 Å². The summed E-state index contributed by atoms with van der Waals surface area (Å²) >= 11 is 0. The minimum absolute atomic E-state index is 0.145. The molecule has 2 heterocycles. The van der Waals surface area contributed by atoms with E-state index in [0.717, 1.165) is 11.3 Å². The van der Waals surface area contributed by atoms with Gasteiger partial charge in [0.2, 0.25) is 0 Å². The third-order valence-electron chi connectivity index (χ3n) is 3.18. The van der Waals surface area contributed by atoms with E-state index in [2.05, 4.69) is 5.10 Å². The van der Waals surface area contributed by atoms with E-state index in [1.54, 1.807) is 11.6 Å². The van der Waals surface area contributed by atoms with Gasteiger partial charge in [-0.25, -0.2) is 14.0 Å². The molecule has 0 radical (unpaired) electrons. The first-order valence-electron chi connectivity index (χ1n) is 5.87. The van der Waals surface area contributed by atoms with Crippen molar-refractivity contribution in [2.24, 2.45) is 7.05 Å². The van der Waals surface area contributed by atoms with Gasteiger partial charge in [0.25, 0.3) is 0 Å². The third-order valence-corrected chi connectivity index (χ3v) is 3.18. The lowest BCUT2D eigenvalue weighted by atomic mass is 10.1. The number of aryl methyl sites for hydroxylation is 2. The molecule has 5 nitrogen and oxygen atoms in total. The smallest absolute Gasteiger partial charge is 0.350 e.